The minimum absolute atomic E-state index is 0.0289. The summed E-state index contributed by atoms with van der Waals surface area (Å²) in [6.45, 7) is 0. The molecule has 0 N–H and O–H groups in total. The molecule has 3 rings (SSSR count). The standard InChI is InChI=1S/C15H13Cl2NO5S/c1-22-14-9(4-5-10(17)15(14)24(20,21)7-16)13(19)11-6-12(23-18-11)8-2-3-8/h4-6,8H,2-3,7H2,1H3. The summed E-state index contributed by atoms with van der Waals surface area (Å²) >= 11 is 11.5. The van der Waals surface area contributed by atoms with Crippen LogP contribution >= 0.6 is 23.2 Å². The molecule has 1 saturated carbocycles. The van der Waals surface area contributed by atoms with Crippen molar-refractivity contribution < 1.29 is 22.5 Å². The molecule has 0 radical (unpaired) electrons. The molecule has 1 aliphatic rings. The summed E-state index contributed by atoms with van der Waals surface area (Å²) < 4.78 is 34.7. The average molecular weight is 390 g/mol. The van der Waals surface area contributed by atoms with Gasteiger partial charge < -0.3 is 9.26 Å². The molecule has 1 aromatic carbocycles. The lowest BCUT2D eigenvalue weighted by Gasteiger charge is -2.13. The largest absolute Gasteiger partial charge is 0.495 e. The van der Waals surface area contributed by atoms with E-state index in [0.29, 0.717) is 11.7 Å². The van der Waals surface area contributed by atoms with Crippen molar-refractivity contribution in [1.82, 2.24) is 5.16 Å². The van der Waals surface area contributed by atoms with Crippen molar-refractivity contribution in [1.29, 1.82) is 0 Å². The first kappa shape index (κ1) is 17.3. The van der Waals surface area contributed by atoms with E-state index >= 15 is 0 Å². The van der Waals surface area contributed by atoms with Crippen LogP contribution in [-0.2, 0) is 9.84 Å². The third-order valence-corrected chi connectivity index (χ3v) is 6.31. The first-order chi connectivity index (χ1) is 11.4. The van der Waals surface area contributed by atoms with Crippen LogP contribution in [0.3, 0.4) is 0 Å². The Labute approximate surface area is 148 Å². The molecule has 2 aromatic rings. The smallest absolute Gasteiger partial charge is 0.218 e. The summed E-state index contributed by atoms with van der Waals surface area (Å²) in [5.74, 6) is 0.299. The highest BCUT2D eigenvalue weighted by Gasteiger charge is 2.31. The number of sulfone groups is 1. The quantitative estimate of drug-likeness (QED) is 0.555. The molecule has 0 atom stereocenters. The third kappa shape index (κ3) is 3.03. The van der Waals surface area contributed by atoms with E-state index in [2.05, 4.69) is 5.16 Å². The summed E-state index contributed by atoms with van der Waals surface area (Å²) in [6.07, 6.45) is 2.01. The predicted molar refractivity (Wildman–Crippen MR) is 87.8 cm³/mol. The molecule has 0 aliphatic heterocycles. The van der Waals surface area contributed by atoms with Gasteiger partial charge in [0.25, 0.3) is 0 Å². The van der Waals surface area contributed by atoms with Crippen LogP contribution in [0.15, 0.2) is 27.6 Å². The van der Waals surface area contributed by atoms with Crippen LogP contribution in [0.5, 0.6) is 5.75 Å². The Morgan fingerprint density at radius 2 is 2.12 bits per heavy atom. The Morgan fingerprint density at radius 1 is 1.42 bits per heavy atom. The van der Waals surface area contributed by atoms with Crippen LogP contribution in [0.25, 0.3) is 0 Å². The molecule has 24 heavy (non-hydrogen) atoms. The second kappa shape index (κ2) is 6.38. The van der Waals surface area contributed by atoms with Crippen LogP contribution < -0.4 is 4.74 Å². The zero-order chi connectivity index (χ0) is 17.5. The SMILES string of the molecule is COc1c(C(=O)c2cc(C3CC3)on2)ccc(Cl)c1S(=O)(=O)CCl. The fraction of sp³-hybridized carbons (Fsp3) is 0.333. The number of aromatic nitrogens is 1. The predicted octanol–water partition coefficient (Wildman–Crippen LogP) is 3.42. The fourth-order valence-electron chi connectivity index (χ4n) is 2.36. The molecule has 0 unspecified atom stereocenters. The van der Waals surface area contributed by atoms with Gasteiger partial charge in [0, 0.05) is 12.0 Å². The number of nitrogens with zero attached hydrogens (tertiary/aromatic N) is 1. The molecule has 1 aliphatic carbocycles. The maximum absolute atomic E-state index is 12.7. The van der Waals surface area contributed by atoms with E-state index < -0.39 is 20.8 Å². The molecule has 9 heteroatoms. The lowest BCUT2D eigenvalue weighted by Crippen LogP contribution is -2.11. The highest BCUT2D eigenvalue weighted by atomic mass is 35.5. The van der Waals surface area contributed by atoms with Gasteiger partial charge in [-0.1, -0.05) is 16.8 Å². The van der Waals surface area contributed by atoms with Gasteiger partial charge in [0.2, 0.25) is 5.78 Å². The van der Waals surface area contributed by atoms with Gasteiger partial charge in [-0.3, -0.25) is 4.79 Å². The zero-order valence-corrected chi connectivity index (χ0v) is 14.9. The minimum atomic E-state index is -3.90. The van der Waals surface area contributed by atoms with Gasteiger partial charge in [0.1, 0.15) is 21.6 Å². The van der Waals surface area contributed by atoms with Crippen molar-refractivity contribution in [2.75, 3.05) is 12.3 Å². The van der Waals surface area contributed by atoms with E-state index in [1.807, 2.05) is 0 Å². The Bertz CT molecular complexity index is 903. The lowest BCUT2D eigenvalue weighted by atomic mass is 10.1. The van der Waals surface area contributed by atoms with Crippen molar-refractivity contribution in [3.63, 3.8) is 0 Å². The first-order valence-corrected chi connectivity index (χ1v) is 9.62. The molecule has 0 saturated heterocycles. The minimum Gasteiger partial charge on any atom is -0.495 e. The second-order valence-electron chi connectivity index (χ2n) is 5.40. The van der Waals surface area contributed by atoms with Crippen LogP contribution in [0.4, 0.5) is 0 Å². The van der Waals surface area contributed by atoms with E-state index in [1.54, 1.807) is 6.07 Å². The van der Waals surface area contributed by atoms with Crippen LogP contribution in [0.1, 0.15) is 40.6 Å². The van der Waals surface area contributed by atoms with Crippen molar-refractivity contribution in [2.24, 2.45) is 0 Å². The number of ether oxygens (including phenoxy) is 1. The number of hydrogen-bond acceptors (Lipinski definition) is 6. The van der Waals surface area contributed by atoms with E-state index in [4.69, 9.17) is 32.5 Å². The van der Waals surface area contributed by atoms with Crippen molar-refractivity contribution in [3.8, 4) is 5.75 Å². The van der Waals surface area contributed by atoms with Crippen molar-refractivity contribution in [3.05, 3.63) is 40.2 Å². The summed E-state index contributed by atoms with van der Waals surface area (Å²) in [6, 6.07) is 4.28. The molecule has 0 spiro atoms. The number of carbonyl (C=O) groups excluding carboxylic acids is 1. The topological polar surface area (TPSA) is 86.5 Å². The molecule has 1 fully saturated rings. The molecule has 1 heterocycles. The second-order valence-corrected chi connectivity index (χ2v) is 8.32. The fourth-order valence-corrected chi connectivity index (χ4v) is 4.14. The number of halogens is 2. The Balaban J connectivity index is 2.09. The summed E-state index contributed by atoms with van der Waals surface area (Å²) in [7, 11) is -2.64. The normalized spacial score (nSPS) is 14.6. The van der Waals surface area contributed by atoms with Crippen LogP contribution in [0.2, 0.25) is 5.02 Å². The molecule has 0 amide bonds. The van der Waals surface area contributed by atoms with Gasteiger partial charge >= 0.3 is 0 Å². The van der Waals surface area contributed by atoms with E-state index in [0.717, 1.165) is 12.8 Å². The monoisotopic (exact) mass is 389 g/mol. The lowest BCUT2D eigenvalue weighted by molar-refractivity contribution is 0.102. The molecule has 128 valence electrons. The van der Waals surface area contributed by atoms with Gasteiger partial charge in [-0.25, -0.2) is 8.42 Å². The molecular formula is C15H13Cl2NO5S. The molecule has 0 bridgehead atoms. The molecule has 1 aromatic heterocycles. The first-order valence-electron chi connectivity index (χ1n) is 7.05. The van der Waals surface area contributed by atoms with Gasteiger partial charge in [-0.2, -0.15) is 0 Å². The number of benzene rings is 1. The van der Waals surface area contributed by atoms with Gasteiger partial charge in [-0.15, -0.1) is 11.6 Å². The van der Waals surface area contributed by atoms with Crippen LogP contribution in [0, 0.1) is 0 Å². The number of methoxy groups -OCH3 is 1. The van der Waals surface area contributed by atoms with E-state index in [9.17, 15) is 13.2 Å². The van der Waals surface area contributed by atoms with Crippen molar-refractivity contribution in [2.45, 2.75) is 23.7 Å². The van der Waals surface area contributed by atoms with Crippen LogP contribution in [-0.4, -0.2) is 31.7 Å². The number of hydrogen-bond donors (Lipinski definition) is 0. The molecule has 6 nitrogen and oxygen atoms in total. The maximum Gasteiger partial charge on any atom is 0.218 e. The summed E-state index contributed by atoms with van der Waals surface area (Å²) in [4.78, 5) is 12.4. The highest BCUT2D eigenvalue weighted by molar-refractivity contribution is 7.92. The van der Waals surface area contributed by atoms with Gasteiger partial charge in [-0.05, 0) is 25.0 Å². The average Bonchev–Trinajstić information content (AvgIpc) is 3.30. The number of rotatable bonds is 6. The van der Waals surface area contributed by atoms with E-state index in [-0.39, 0.29) is 26.9 Å². The summed E-state index contributed by atoms with van der Waals surface area (Å²) in [5.41, 5.74) is 0.119. The van der Waals surface area contributed by atoms with E-state index in [1.165, 1.54) is 19.2 Å². The molecular weight excluding hydrogens is 377 g/mol. The Morgan fingerprint density at radius 3 is 2.71 bits per heavy atom. The summed E-state index contributed by atoms with van der Waals surface area (Å²) in [5, 5.41) is 3.02. The zero-order valence-electron chi connectivity index (χ0n) is 12.6. The number of alkyl halides is 1. The Kier molecular flexibility index (Phi) is 4.59. The Hall–Kier alpha value is -1.57. The number of ketones is 1. The number of carbonyl (C=O) groups is 1. The maximum atomic E-state index is 12.7. The third-order valence-electron chi connectivity index (χ3n) is 3.71. The van der Waals surface area contributed by atoms with Gasteiger partial charge in [0.05, 0.1) is 17.7 Å². The highest BCUT2D eigenvalue weighted by Crippen LogP contribution is 2.41. The van der Waals surface area contributed by atoms with Crippen molar-refractivity contribution >= 4 is 38.8 Å². The van der Waals surface area contributed by atoms with Gasteiger partial charge in [0.15, 0.2) is 15.5 Å².